The summed E-state index contributed by atoms with van der Waals surface area (Å²) < 4.78 is 13.8. The van der Waals surface area contributed by atoms with Crippen LogP contribution in [0.25, 0.3) is 0 Å². The number of halogens is 1. The molecule has 0 saturated carbocycles. The van der Waals surface area contributed by atoms with Crippen molar-refractivity contribution in [2.24, 2.45) is 0 Å². The zero-order valence-electron chi connectivity index (χ0n) is 10.5. The molecule has 0 fully saturated rings. The molecule has 0 aliphatic carbocycles. The summed E-state index contributed by atoms with van der Waals surface area (Å²) in [6.07, 6.45) is 2.20. The molecule has 1 aromatic rings. The fraction of sp³-hybridized carbons (Fsp3) is 0.571. The van der Waals surface area contributed by atoms with E-state index in [9.17, 15) is 4.39 Å². The summed E-state index contributed by atoms with van der Waals surface area (Å²) >= 11 is 1.85. The lowest BCUT2D eigenvalue weighted by Crippen LogP contribution is -2.24. The lowest BCUT2D eigenvalue weighted by atomic mass is 9.97. The van der Waals surface area contributed by atoms with E-state index in [0.29, 0.717) is 11.3 Å². The molecule has 0 aromatic heterocycles. The highest BCUT2D eigenvalue weighted by atomic mass is 32.2. The fourth-order valence-electron chi connectivity index (χ4n) is 2.32. The third-order valence-electron chi connectivity index (χ3n) is 3.25. The van der Waals surface area contributed by atoms with Crippen molar-refractivity contribution in [3.05, 3.63) is 35.1 Å². The topological polar surface area (TPSA) is 12.0 Å². The summed E-state index contributed by atoms with van der Waals surface area (Å²) in [5, 5.41) is 4.12. The molecule has 0 spiro atoms. The molecule has 1 aliphatic heterocycles. The van der Waals surface area contributed by atoms with Gasteiger partial charge in [0.05, 0.1) is 0 Å². The van der Waals surface area contributed by atoms with E-state index < -0.39 is 0 Å². The summed E-state index contributed by atoms with van der Waals surface area (Å²) in [6.45, 7) is 5.39. The summed E-state index contributed by atoms with van der Waals surface area (Å²) in [5.74, 6) is 0.750. The van der Waals surface area contributed by atoms with Crippen molar-refractivity contribution in [2.75, 3.05) is 6.54 Å². The first-order valence-electron chi connectivity index (χ1n) is 6.34. The minimum absolute atomic E-state index is 0.0487. The molecule has 17 heavy (non-hydrogen) atoms. The van der Waals surface area contributed by atoms with Crippen molar-refractivity contribution in [1.82, 2.24) is 5.32 Å². The molecule has 1 heterocycles. The molecule has 1 N–H and O–H groups in total. The van der Waals surface area contributed by atoms with Crippen LogP contribution in [0.3, 0.4) is 0 Å². The van der Waals surface area contributed by atoms with E-state index in [1.807, 2.05) is 17.8 Å². The number of hydrogen-bond acceptors (Lipinski definition) is 2. The smallest absolute Gasteiger partial charge is 0.127 e. The van der Waals surface area contributed by atoms with Gasteiger partial charge in [-0.2, -0.15) is 11.8 Å². The van der Waals surface area contributed by atoms with Crippen LogP contribution < -0.4 is 5.32 Å². The zero-order chi connectivity index (χ0) is 12.3. The summed E-state index contributed by atoms with van der Waals surface area (Å²) in [6, 6.07) is 5.79. The molecule has 1 nitrogen and oxygen atoms in total. The van der Waals surface area contributed by atoms with Crippen LogP contribution in [0.15, 0.2) is 18.2 Å². The second kappa shape index (κ2) is 5.87. The monoisotopic (exact) mass is 253 g/mol. The van der Waals surface area contributed by atoms with E-state index in [1.54, 1.807) is 6.07 Å². The lowest BCUT2D eigenvalue weighted by Gasteiger charge is -2.20. The standard InChI is InChI=1S/C14H20FNS/c1-3-7-16-14-8-10(2)17-9-12-11(14)5-4-6-13(12)15/h4-6,10,14,16H,3,7-9H2,1-2H3. The van der Waals surface area contributed by atoms with Crippen molar-refractivity contribution in [3.63, 3.8) is 0 Å². The Labute approximate surface area is 107 Å². The summed E-state index contributed by atoms with van der Waals surface area (Å²) in [7, 11) is 0. The fourth-order valence-corrected chi connectivity index (χ4v) is 3.40. The third kappa shape index (κ3) is 3.02. The predicted molar refractivity (Wildman–Crippen MR) is 72.8 cm³/mol. The van der Waals surface area contributed by atoms with Gasteiger partial charge in [-0.05, 0) is 31.0 Å². The first kappa shape index (κ1) is 12.9. The average Bonchev–Trinajstić information content (AvgIpc) is 2.48. The van der Waals surface area contributed by atoms with Crippen LogP contribution in [-0.4, -0.2) is 11.8 Å². The van der Waals surface area contributed by atoms with Gasteiger partial charge in [0.15, 0.2) is 0 Å². The van der Waals surface area contributed by atoms with E-state index in [-0.39, 0.29) is 5.82 Å². The largest absolute Gasteiger partial charge is 0.310 e. The van der Waals surface area contributed by atoms with E-state index in [1.165, 1.54) is 0 Å². The molecule has 2 unspecified atom stereocenters. The zero-order valence-corrected chi connectivity index (χ0v) is 11.3. The molecule has 2 rings (SSSR count). The van der Waals surface area contributed by atoms with Crippen molar-refractivity contribution in [2.45, 2.75) is 43.7 Å². The molecule has 3 heteroatoms. The van der Waals surface area contributed by atoms with Crippen molar-refractivity contribution < 1.29 is 4.39 Å². The Kier molecular flexibility index (Phi) is 4.46. The third-order valence-corrected chi connectivity index (χ3v) is 4.47. The van der Waals surface area contributed by atoms with Crippen molar-refractivity contribution in [1.29, 1.82) is 0 Å². The van der Waals surface area contributed by atoms with Crippen LogP contribution in [0.1, 0.15) is 43.9 Å². The van der Waals surface area contributed by atoms with Gasteiger partial charge in [-0.1, -0.05) is 26.0 Å². The highest BCUT2D eigenvalue weighted by Gasteiger charge is 2.23. The van der Waals surface area contributed by atoms with Crippen LogP contribution in [0.4, 0.5) is 4.39 Å². The van der Waals surface area contributed by atoms with Crippen LogP contribution in [-0.2, 0) is 5.75 Å². The minimum Gasteiger partial charge on any atom is -0.310 e. The number of fused-ring (bicyclic) bond motifs is 1. The Hall–Kier alpha value is -0.540. The first-order chi connectivity index (χ1) is 8.22. The molecule has 1 aromatic carbocycles. The molecule has 2 atom stereocenters. The highest BCUT2D eigenvalue weighted by Crippen LogP contribution is 2.35. The number of benzene rings is 1. The highest BCUT2D eigenvalue weighted by molar-refractivity contribution is 7.99. The molecular weight excluding hydrogens is 233 g/mol. The van der Waals surface area contributed by atoms with Crippen LogP contribution in [0.2, 0.25) is 0 Å². The second-order valence-electron chi connectivity index (χ2n) is 4.67. The van der Waals surface area contributed by atoms with E-state index in [0.717, 1.165) is 36.3 Å². The maximum Gasteiger partial charge on any atom is 0.127 e. The number of thioether (sulfide) groups is 1. The van der Waals surface area contributed by atoms with E-state index >= 15 is 0 Å². The Bertz CT molecular complexity index is 380. The molecular formula is C14H20FNS. The lowest BCUT2D eigenvalue weighted by molar-refractivity contribution is 0.495. The number of rotatable bonds is 3. The maximum absolute atomic E-state index is 13.8. The average molecular weight is 253 g/mol. The van der Waals surface area contributed by atoms with E-state index in [2.05, 4.69) is 25.2 Å². The van der Waals surface area contributed by atoms with Gasteiger partial charge < -0.3 is 5.32 Å². The predicted octanol–water partition coefficient (Wildman–Crippen LogP) is 3.89. The first-order valence-corrected chi connectivity index (χ1v) is 7.39. The van der Waals surface area contributed by atoms with Crippen LogP contribution in [0, 0.1) is 5.82 Å². The van der Waals surface area contributed by atoms with Crippen LogP contribution >= 0.6 is 11.8 Å². The van der Waals surface area contributed by atoms with Gasteiger partial charge in [-0.3, -0.25) is 0 Å². The maximum atomic E-state index is 13.8. The van der Waals surface area contributed by atoms with Gasteiger partial charge in [0.1, 0.15) is 5.82 Å². The Balaban J connectivity index is 2.29. The number of nitrogens with one attached hydrogen (secondary N) is 1. The second-order valence-corrected chi connectivity index (χ2v) is 6.10. The van der Waals surface area contributed by atoms with E-state index in [4.69, 9.17) is 0 Å². The Morgan fingerprint density at radius 1 is 1.47 bits per heavy atom. The normalized spacial score (nSPS) is 24.2. The molecule has 1 aliphatic rings. The number of hydrogen-bond donors (Lipinski definition) is 1. The van der Waals surface area contributed by atoms with Gasteiger partial charge in [0.2, 0.25) is 0 Å². The van der Waals surface area contributed by atoms with Crippen molar-refractivity contribution >= 4 is 11.8 Å². The SMILES string of the molecule is CCCNC1CC(C)SCc2c(F)cccc21. The molecule has 94 valence electrons. The Morgan fingerprint density at radius 2 is 2.29 bits per heavy atom. The van der Waals surface area contributed by atoms with Gasteiger partial charge in [-0.15, -0.1) is 0 Å². The van der Waals surface area contributed by atoms with Gasteiger partial charge in [0.25, 0.3) is 0 Å². The molecule has 0 bridgehead atoms. The molecule has 0 saturated heterocycles. The summed E-state index contributed by atoms with van der Waals surface area (Å²) in [5.41, 5.74) is 2.06. The minimum atomic E-state index is -0.0487. The van der Waals surface area contributed by atoms with Crippen LogP contribution in [0.5, 0.6) is 0 Å². The Morgan fingerprint density at radius 3 is 3.06 bits per heavy atom. The quantitative estimate of drug-likeness (QED) is 0.877. The van der Waals surface area contributed by atoms with Gasteiger partial charge >= 0.3 is 0 Å². The summed E-state index contributed by atoms with van der Waals surface area (Å²) in [4.78, 5) is 0. The van der Waals surface area contributed by atoms with Crippen molar-refractivity contribution in [3.8, 4) is 0 Å². The molecule has 0 radical (unpaired) electrons. The van der Waals surface area contributed by atoms with Gasteiger partial charge in [0, 0.05) is 22.6 Å². The van der Waals surface area contributed by atoms with Gasteiger partial charge in [-0.25, -0.2) is 4.39 Å². The molecule has 0 amide bonds.